The molecule has 2 aliphatic heterocycles. The largest absolute Gasteiger partial charge is 0.376 e. The van der Waals surface area contributed by atoms with Crippen molar-refractivity contribution in [1.82, 2.24) is 10.2 Å². The molecule has 2 heterocycles. The van der Waals surface area contributed by atoms with Crippen molar-refractivity contribution in [3.8, 4) is 0 Å². The molecule has 6 heteroatoms. The van der Waals surface area contributed by atoms with Crippen LogP contribution in [0.3, 0.4) is 0 Å². The van der Waals surface area contributed by atoms with Crippen molar-refractivity contribution in [3.05, 3.63) is 0 Å². The first-order valence-corrected chi connectivity index (χ1v) is 6.44. The van der Waals surface area contributed by atoms with Crippen LogP contribution in [0, 0.1) is 5.92 Å². The minimum absolute atomic E-state index is 0. The molecule has 1 atom stereocenters. The minimum Gasteiger partial charge on any atom is -0.376 e. The Labute approximate surface area is 115 Å². The molecule has 2 rings (SSSR count). The number of ether oxygens (including phenoxy) is 2. The molecule has 2 aliphatic rings. The van der Waals surface area contributed by atoms with Gasteiger partial charge in [-0.2, -0.15) is 0 Å². The molecule has 0 aromatic heterocycles. The number of hydrogen-bond donors (Lipinski definition) is 1. The number of amides is 1. The van der Waals surface area contributed by atoms with Gasteiger partial charge in [-0.25, -0.2) is 0 Å². The molecule has 2 saturated heterocycles. The molecule has 0 saturated carbocycles. The lowest BCUT2D eigenvalue weighted by atomic mass is 9.96. The molecule has 106 valence electrons. The van der Waals surface area contributed by atoms with Crippen molar-refractivity contribution >= 4 is 18.3 Å². The molecule has 0 bridgehead atoms. The molecule has 0 aromatic rings. The molecule has 1 N–H and O–H groups in total. The Bertz CT molecular complexity index is 252. The van der Waals surface area contributed by atoms with Gasteiger partial charge in [-0.1, -0.05) is 0 Å². The summed E-state index contributed by atoms with van der Waals surface area (Å²) in [5, 5.41) is 3.20. The SMILES string of the molecule is CNCC1CCN(C(=O)C2COCCO2)CC1.Cl. The van der Waals surface area contributed by atoms with Crippen LogP contribution in [-0.2, 0) is 14.3 Å². The normalized spacial score (nSPS) is 25.6. The van der Waals surface area contributed by atoms with E-state index in [1.807, 2.05) is 11.9 Å². The van der Waals surface area contributed by atoms with E-state index < -0.39 is 0 Å². The second kappa shape index (κ2) is 7.94. The van der Waals surface area contributed by atoms with Gasteiger partial charge >= 0.3 is 0 Å². The second-order valence-electron chi connectivity index (χ2n) is 4.76. The maximum absolute atomic E-state index is 12.1. The van der Waals surface area contributed by atoms with E-state index in [1.165, 1.54) is 0 Å². The molecule has 1 unspecified atom stereocenters. The lowest BCUT2D eigenvalue weighted by Gasteiger charge is -2.34. The highest BCUT2D eigenvalue weighted by Crippen LogP contribution is 2.18. The Balaban J connectivity index is 0.00000162. The van der Waals surface area contributed by atoms with Crippen molar-refractivity contribution in [2.24, 2.45) is 5.92 Å². The molecule has 0 aliphatic carbocycles. The smallest absolute Gasteiger partial charge is 0.254 e. The van der Waals surface area contributed by atoms with Crippen LogP contribution in [0.4, 0.5) is 0 Å². The highest BCUT2D eigenvalue weighted by molar-refractivity contribution is 5.85. The average Bonchev–Trinajstić information content (AvgIpc) is 2.40. The third-order valence-electron chi connectivity index (χ3n) is 3.51. The molecule has 1 amide bonds. The van der Waals surface area contributed by atoms with Crippen molar-refractivity contribution in [1.29, 1.82) is 0 Å². The molecule has 0 aromatic carbocycles. The lowest BCUT2D eigenvalue weighted by molar-refractivity contribution is -0.159. The Hall–Kier alpha value is -0.360. The zero-order chi connectivity index (χ0) is 12.1. The first-order chi connectivity index (χ1) is 8.31. The van der Waals surface area contributed by atoms with Crippen LogP contribution < -0.4 is 5.32 Å². The summed E-state index contributed by atoms with van der Waals surface area (Å²) >= 11 is 0. The standard InChI is InChI=1S/C12H22N2O3.ClH/c1-13-8-10-2-4-14(5-3-10)12(15)11-9-16-6-7-17-11;/h10-11,13H,2-9H2,1H3;1H. The summed E-state index contributed by atoms with van der Waals surface area (Å²) in [5.74, 6) is 0.806. The summed E-state index contributed by atoms with van der Waals surface area (Å²) in [6.45, 7) is 4.30. The number of nitrogens with zero attached hydrogens (tertiary/aromatic N) is 1. The quantitative estimate of drug-likeness (QED) is 0.806. The van der Waals surface area contributed by atoms with Crippen LogP contribution in [0.15, 0.2) is 0 Å². The molecule has 18 heavy (non-hydrogen) atoms. The third kappa shape index (κ3) is 4.09. The summed E-state index contributed by atoms with van der Waals surface area (Å²) in [4.78, 5) is 14.0. The van der Waals surface area contributed by atoms with Crippen LogP contribution in [0.2, 0.25) is 0 Å². The van der Waals surface area contributed by atoms with Crippen molar-refractivity contribution in [2.45, 2.75) is 18.9 Å². The van der Waals surface area contributed by atoms with Crippen molar-refractivity contribution < 1.29 is 14.3 Å². The topological polar surface area (TPSA) is 50.8 Å². The fourth-order valence-electron chi connectivity index (χ4n) is 2.48. The Morgan fingerprint density at radius 2 is 2.06 bits per heavy atom. The summed E-state index contributed by atoms with van der Waals surface area (Å²) < 4.78 is 10.7. The number of hydrogen-bond acceptors (Lipinski definition) is 4. The predicted octanol–water partition coefficient (Wildman–Crippen LogP) is 0.282. The summed E-state index contributed by atoms with van der Waals surface area (Å²) in [5.41, 5.74) is 0. The zero-order valence-electron chi connectivity index (χ0n) is 10.9. The van der Waals surface area contributed by atoms with Gasteiger partial charge < -0.3 is 19.7 Å². The van der Waals surface area contributed by atoms with Crippen molar-refractivity contribution in [3.63, 3.8) is 0 Å². The van der Waals surface area contributed by atoms with Crippen molar-refractivity contribution in [2.75, 3.05) is 46.5 Å². The molecule has 0 spiro atoms. The summed E-state index contributed by atoms with van der Waals surface area (Å²) in [6.07, 6.45) is 1.80. The maximum Gasteiger partial charge on any atom is 0.254 e. The van der Waals surface area contributed by atoms with E-state index >= 15 is 0 Å². The first-order valence-electron chi connectivity index (χ1n) is 6.44. The highest BCUT2D eigenvalue weighted by Gasteiger charge is 2.30. The van der Waals surface area contributed by atoms with Gasteiger partial charge in [0.15, 0.2) is 6.10 Å². The van der Waals surface area contributed by atoms with Gasteiger partial charge in [-0.15, -0.1) is 12.4 Å². The number of piperidine rings is 1. The van der Waals surface area contributed by atoms with Crippen LogP contribution in [-0.4, -0.2) is 63.4 Å². The number of carbonyl (C=O) groups excluding carboxylic acids is 1. The van der Waals surface area contributed by atoms with E-state index in [4.69, 9.17) is 9.47 Å². The minimum atomic E-state index is -0.371. The fraction of sp³-hybridized carbons (Fsp3) is 0.917. The summed E-state index contributed by atoms with van der Waals surface area (Å²) in [6, 6.07) is 0. The number of likely N-dealkylation sites (tertiary alicyclic amines) is 1. The zero-order valence-corrected chi connectivity index (χ0v) is 11.7. The lowest BCUT2D eigenvalue weighted by Crippen LogP contribution is -2.48. The van der Waals surface area contributed by atoms with E-state index in [1.54, 1.807) is 0 Å². The maximum atomic E-state index is 12.1. The van der Waals surface area contributed by atoms with Gasteiger partial charge in [0.2, 0.25) is 0 Å². The van der Waals surface area contributed by atoms with Crippen LogP contribution in [0.25, 0.3) is 0 Å². The number of rotatable bonds is 3. The fourth-order valence-corrected chi connectivity index (χ4v) is 2.48. The van der Waals surface area contributed by atoms with E-state index in [2.05, 4.69) is 5.32 Å². The second-order valence-corrected chi connectivity index (χ2v) is 4.76. The highest BCUT2D eigenvalue weighted by atomic mass is 35.5. The van der Waals surface area contributed by atoms with Crippen LogP contribution in [0.5, 0.6) is 0 Å². The molecular formula is C12H23ClN2O3. The van der Waals surface area contributed by atoms with E-state index in [-0.39, 0.29) is 24.4 Å². The Kier molecular flexibility index (Phi) is 6.92. The van der Waals surface area contributed by atoms with Gasteiger partial charge in [0.25, 0.3) is 5.91 Å². The Morgan fingerprint density at radius 3 is 2.61 bits per heavy atom. The first kappa shape index (κ1) is 15.7. The molecule has 0 radical (unpaired) electrons. The number of halogens is 1. The third-order valence-corrected chi connectivity index (χ3v) is 3.51. The predicted molar refractivity (Wildman–Crippen MR) is 71.0 cm³/mol. The Morgan fingerprint density at radius 1 is 1.33 bits per heavy atom. The van der Waals surface area contributed by atoms with Gasteiger partial charge in [-0.05, 0) is 32.4 Å². The van der Waals surface area contributed by atoms with Crippen LogP contribution in [0.1, 0.15) is 12.8 Å². The van der Waals surface area contributed by atoms with Gasteiger partial charge in [0.05, 0.1) is 19.8 Å². The van der Waals surface area contributed by atoms with Gasteiger partial charge in [0, 0.05) is 13.1 Å². The van der Waals surface area contributed by atoms with E-state index in [0.717, 1.165) is 32.5 Å². The number of carbonyl (C=O) groups is 1. The molecular weight excluding hydrogens is 256 g/mol. The molecule has 5 nitrogen and oxygen atoms in total. The van der Waals surface area contributed by atoms with E-state index in [9.17, 15) is 4.79 Å². The number of nitrogens with one attached hydrogen (secondary N) is 1. The van der Waals surface area contributed by atoms with Crippen LogP contribution >= 0.6 is 12.4 Å². The van der Waals surface area contributed by atoms with E-state index in [0.29, 0.717) is 25.7 Å². The molecule has 2 fully saturated rings. The van der Waals surface area contributed by atoms with Gasteiger partial charge in [0.1, 0.15) is 0 Å². The summed E-state index contributed by atoms with van der Waals surface area (Å²) in [7, 11) is 1.98. The van der Waals surface area contributed by atoms with Gasteiger partial charge in [-0.3, -0.25) is 4.79 Å². The average molecular weight is 279 g/mol. The monoisotopic (exact) mass is 278 g/mol.